The highest BCUT2D eigenvalue weighted by Crippen LogP contribution is 2.41. The van der Waals surface area contributed by atoms with Gasteiger partial charge < -0.3 is 0 Å². The Hall–Kier alpha value is -0.290. The van der Waals surface area contributed by atoms with Crippen LogP contribution >= 0.6 is 27.7 Å². The summed E-state index contributed by atoms with van der Waals surface area (Å²) in [6.07, 6.45) is 3.75. The van der Waals surface area contributed by atoms with Crippen LogP contribution in [-0.4, -0.2) is 26.1 Å². The first-order valence-electron chi connectivity index (χ1n) is 4.91. The molecule has 1 atom stereocenters. The molecule has 1 unspecified atom stereocenters. The standard InChI is InChI=1S/C10H13BrN2OS/c1-10(4-3-5-15-10)8(14)7-6-12-13(2)9(7)11/h6H,3-5H2,1-2H3. The molecule has 0 N–H and O–H groups in total. The number of hydrogen-bond donors (Lipinski definition) is 0. The number of aryl methyl sites for hydroxylation is 1. The van der Waals surface area contributed by atoms with Crippen molar-refractivity contribution in [3.8, 4) is 0 Å². The van der Waals surface area contributed by atoms with E-state index >= 15 is 0 Å². The van der Waals surface area contributed by atoms with Gasteiger partial charge in [-0.25, -0.2) is 0 Å². The molecule has 15 heavy (non-hydrogen) atoms. The maximum atomic E-state index is 12.3. The van der Waals surface area contributed by atoms with Crippen LogP contribution in [0.3, 0.4) is 0 Å². The van der Waals surface area contributed by atoms with Gasteiger partial charge in [0.05, 0.1) is 16.5 Å². The van der Waals surface area contributed by atoms with Crippen molar-refractivity contribution in [2.24, 2.45) is 7.05 Å². The van der Waals surface area contributed by atoms with Crippen LogP contribution in [0.1, 0.15) is 30.1 Å². The van der Waals surface area contributed by atoms with E-state index < -0.39 is 0 Å². The number of nitrogens with zero attached hydrogens (tertiary/aromatic N) is 2. The lowest BCUT2D eigenvalue weighted by Gasteiger charge is -2.19. The Morgan fingerprint density at radius 2 is 2.47 bits per heavy atom. The third-order valence-corrected chi connectivity index (χ3v) is 5.27. The molecule has 0 aromatic carbocycles. The van der Waals surface area contributed by atoms with Crippen LogP contribution in [0.25, 0.3) is 0 Å². The highest BCUT2D eigenvalue weighted by atomic mass is 79.9. The molecule has 1 saturated heterocycles. The van der Waals surface area contributed by atoms with Crippen molar-refractivity contribution in [3.05, 3.63) is 16.4 Å². The number of thioether (sulfide) groups is 1. The van der Waals surface area contributed by atoms with Gasteiger partial charge in [0.25, 0.3) is 0 Å². The molecule has 1 aliphatic rings. The number of carbonyl (C=O) groups is 1. The van der Waals surface area contributed by atoms with Gasteiger partial charge in [-0.15, -0.1) is 11.8 Å². The molecule has 1 aliphatic heterocycles. The minimum Gasteiger partial charge on any atom is -0.292 e. The maximum Gasteiger partial charge on any atom is 0.182 e. The lowest BCUT2D eigenvalue weighted by atomic mass is 9.96. The van der Waals surface area contributed by atoms with Crippen LogP contribution in [0.5, 0.6) is 0 Å². The van der Waals surface area contributed by atoms with Crippen molar-refractivity contribution in [2.75, 3.05) is 5.75 Å². The Bertz CT molecular complexity index is 396. The Morgan fingerprint density at radius 1 is 1.73 bits per heavy atom. The van der Waals surface area contributed by atoms with Crippen molar-refractivity contribution in [2.45, 2.75) is 24.5 Å². The van der Waals surface area contributed by atoms with E-state index in [1.165, 1.54) is 0 Å². The summed E-state index contributed by atoms with van der Waals surface area (Å²) in [5, 5.41) is 4.08. The van der Waals surface area contributed by atoms with Crippen LogP contribution in [0, 0.1) is 0 Å². The molecule has 1 fully saturated rings. The quantitative estimate of drug-likeness (QED) is 0.785. The monoisotopic (exact) mass is 288 g/mol. The fourth-order valence-electron chi connectivity index (χ4n) is 1.82. The number of hydrogen-bond acceptors (Lipinski definition) is 3. The highest BCUT2D eigenvalue weighted by Gasteiger charge is 2.39. The van der Waals surface area contributed by atoms with Crippen molar-refractivity contribution in [1.29, 1.82) is 0 Å². The molecule has 2 rings (SSSR count). The Balaban J connectivity index is 2.32. The molecule has 82 valence electrons. The zero-order chi connectivity index (χ0) is 11.1. The van der Waals surface area contributed by atoms with Crippen molar-refractivity contribution in [1.82, 2.24) is 9.78 Å². The molecule has 5 heteroatoms. The van der Waals surface area contributed by atoms with Crippen molar-refractivity contribution < 1.29 is 4.79 Å². The van der Waals surface area contributed by atoms with E-state index in [0.29, 0.717) is 5.56 Å². The fourth-order valence-corrected chi connectivity index (χ4v) is 3.46. The van der Waals surface area contributed by atoms with E-state index in [2.05, 4.69) is 21.0 Å². The summed E-state index contributed by atoms with van der Waals surface area (Å²) in [6, 6.07) is 0. The average Bonchev–Trinajstić information content (AvgIpc) is 2.77. The molecule has 2 heterocycles. The Labute approximate surface area is 102 Å². The number of rotatable bonds is 2. The summed E-state index contributed by atoms with van der Waals surface area (Å²) in [7, 11) is 1.82. The van der Waals surface area contributed by atoms with Crippen molar-refractivity contribution >= 4 is 33.5 Å². The normalized spacial score (nSPS) is 25.8. The van der Waals surface area contributed by atoms with Crippen LogP contribution in [0.2, 0.25) is 0 Å². The summed E-state index contributed by atoms with van der Waals surface area (Å²) >= 11 is 5.15. The lowest BCUT2D eigenvalue weighted by molar-refractivity contribution is 0.0948. The summed E-state index contributed by atoms with van der Waals surface area (Å²) in [5.41, 5.74) is 0.703. The van der Waals surface area contributed by atoms with E-state index in [9.17, 15) is 4.79 Å². The second-order valence-corrected chi connectivity index (χ2v) is 6.33. The van der Waals surface area contributed by atoms with Gasteiger partial charge in [-0.3, -0.25) is 9.48 Å². The highest BCUT2D eigenvalue weighted by molar-refractivity contribution is 9.10. The zero-order valence-electron chi connectivity index (χ0n) is 8.79. The van der Waals surface area contributed by atoms with Gasteiger partial charge >= 0.3 is 0 Å². The summed E-state index contributed by atoms with van der Waals surface area (Å²) in [4.78, 5) is 12.3. The number of halogens is 1. The van der Waals surface area contributed by atoms with Crippen LogP contribution in [0.15, 0.2) is 10.8 Å². The van der Waals surface area contributed by atoms with Gasteiger partial charge in [-0.2, -0.15) is 5.10 Å². The fraction of sp³-hybridized carbons (Fsp3) is 0.600. The minimum absolute atomic E-state index is 0.199. The molecule has 1 aromatic heterocycles. The SMILES string of the molecule is Cn1ncc(C(=O)C2(C)CCCS2)c1Br. The first-order chi connectivity index (χ1) is 7.04. The van der Waals surface area contributed by atoms with E-state index in [1.54, 1.807) is 22.6 Å². The van der Waals surface area contributed by atoms with Crippen LogP contribution in [-0.2, 0) is 7.05 Å². The first-order valence-corrected chi connectivity index (χ1v) is 6.69. The molecule has 1 aromatic rings. The largest absolute Gasteiger partial charge is 0.292 e. The van der Waals surface area contributed by atoms with Gasteiger partial charge in [-0.05, 0) is 41.4 Å². The summed E-state index contributed by atoms with van der Waals surface area (Å²) < 4.78 is 2.21. The van der Waals surface area contributed by atoms with Gasteiger partial charge in [0, 0.05) is 7.05 Å². The van der Waals surface area contributed by atoms with E-state index in [-0.39, 0.29) is 10.5 Å². The molecule has 0 saturated carbocycles. The second-order valence-electron chi connectivity index (χ2n) is 3.98. The van der Waals surface area contributed by atoms with Gasteiger partial charge in [0.2, 0.25) is 0 Å². The number of aromatic nitrogens is 2. The first kappa shape index (κ1) is 11.2. The average molecular weight is 289 g/mol. The van der Waals surface area contributed by atoms with Crippen LogP contribution in [0.4, 0.5) is 0 Å². The smallest absolute Gasteiger partial charge is 0.182 e. The van der Waals surface area contributed by atoms with Gasteiger partial charge in [-0.1, -0.05) is 0 Å². The Morgan fingerprint density at radius 3 is 2.93 bits per heavy atom. The molecular weight excluding hydrogens is 276 g/mol. The molecule has 0 bridgehead atoms. The third-order valence-electron chi connectivity index (χ3n) is 2.81. The summed E-state index contributed by atoms with van der Waals surface area (Å²) in [5.74, 6) is 1.28. The number of ketones is 1. The van der Waals surface area contributed by atoms with Gasteiger partial charge in [0.1, 0.15) is 4.60 Å². The molecule has 0 amide bonds. The number of Topliss-reactive ketones (excluding diaryl/α,β-unsaturated/α-hetero) is 1. The molecule has 3 nitrogen and oxygen atoms in total. The van der Waals surface area contributed by atoms with E-state index in [4.69, 9.17) is 0 Å². The van der Waals surface area contributed by atoms with Crippen LogP contribution < -0.4 is 0 Å². The number of carbonyl (C=O) groups excluding carboxylic acids is 1. The molecule has 0 radical (unpaired) electrons. The zero-order valence-corrected chi connectivity index (χ0v) is 11.2. The second kappa shape index (κ2) is 3.94. The maximum absolute atomic E-state index is 12.3. The minimum atomic E-state index is -0.244. The lowest BCUT2D eigenvalue weighted by Crippen LogP contribution is -2.28. The molecule has 0 spiro atoms. The van der Waals surface area contributed by atoms with E-state index in [1.807, 2.05) is 14.0 Å². The van der Waals surface area contributed by atoms with E-state index in [0.717, 1.165) is 23.2 Å². The topological polar surface area (TPSA) is 34.9 Å². The molecule has 0 aliphatic carbocycles. The van der Waals surface area contributed by atoms with Gasteiger partial charge in [0.15, 0.2) is 5.78 Å². The predicted molar refractivity (Wildman–Crippen MR) is 65.3 cm³/mol. The third kappa shape index (κ3) is 1.87. The predicted octanol–water partition coefficient (Wildman–Crippen LogP) is 2.65. The Kier molecular flexibility index (Phi) is 2.94. The van der Waals surface area contributed by atoms with Crippen molar-refractivity contribution in [3.63, 3.8) is 0 Å². The summed E-state index contributed by atoms with van der Waals surface area (Å²) in [6.45, 7) is 2.03. The molecular formula is C10H13BrN2OS.